The molecule has 0 saturated carbocycles. The summed E-state index contributed by atoms with van der Waals surface area (Å²) in [6, 6.07) is 5.59. The third kappa shape index (κ3) is 3.95. The van der Waals surface area contributed by atoms with Gasteiger partial charge in [-0.05, 0) is 29.8 Å². The highest BCUT2D eigenvalue weighted by Crippen LogP contribution is 2.17. The summed E-state index contributed by atoms with van der Waals surface area (Å²) in [4.78, 5) is 2.18. The van der Waals surface area contributed by atoms with Crippen molar-refractivity contribution in [2.75, 3.05) is 20.3 Å². The lowest BCUT2D eigenvalue weighted by Gasteiger charge is -2.05. The number of rotatable bonds is 6. The van der Waals surface area contributed by atoms with Gasteiger partial charge >= 0.3 is 0 Å². The van der Waals surface area contributed by atoms with E-state index < -0.39 is 10.0 Å². The van der Waals surface area contributed by atoms with Crippen LogP contribution in [0.2, 0.25) is 0 Å². The van der Waals surface area contributed by atoms with E-state index in [1.807, 2.05) is 0 Å². The van der Waals surface area contributed by atoms with Crippen molar-refractivity contribution >= 4 is 10.0 Å². The van der Waals surface area contributed by atoms with Crippen molar-refractivity contribution in [2.24, 2.45) is 4.52 Å². The Balaban J connectivity index is 2.78. The molecular weight excluding hydrogens is 246 g/mol. The van der Waals surface area contributed by atoms with Crippen LogP contribution in [0, 0.1) is 0 Å². The van der Waals surface area contributed by atoms with Crippen LogP contribution in [0.5, 0.6) is 5.75 Å². The molecule has 0 N–H and O–H groups in total. The van der Waals surface area contributed by atoms with Crippen LogP contribution >= 0.6 is 0 Å². The van der Waals surface area contributed by atoms with Crippen molar-refractivity contribution in [3.8, 4) is 5.75 Å². The van der Waals surface area contributed by atoms with Gasteiger partial charge in [0.05, 0.1) is 11.5 Å². The Kier molecular flexibility index (Phi) is 4.77. The quantitative estimate of drug-likeness (QED) is 0.335. The van der Waals surface area contributed by atoms with Gasteiger partial charge in [-0.3, -0.25) is 0 Å². The molecule has 1 aromatic rings. The van der Waals surface area contributed by atoms with Crippen LogP contribution in [-0.2, 0) is 14.8 Å². The van der Waals surface area contributed by atoms with E-state index >= 15 is 0 Å². The fraction of sp³-hybridized carbons (Fsp3) is 0.333. The molecule has 0 atom stereocenters. The van der Waals surface area contributed by atoms with Gasteiger partial charge in [0.25, 0.3) is 10.0 Å². The summed E-state index contributed by atoms with van der Waals surface area (Å²) < 4.78 is 35.4. The molecule has 1 aromatic carbocycles. The standard InChI is InChI=1S/C9H11N3O4S/c1-15-6-7-16-8-2-4-9(5-3-8)17(13,14)12-11-10/h2-5H,6-7H2,1H3. The van der Waals surface area contributed by atoms with Gasteiger partial charge in [0, 0.05) is 16.5 Å². The van der Waals surface area contributed by atoms with E-state index in [4.69, 9.17) is 15.0 Å². The van der Waals surface area contributed by atoms with Gasteiger partial charge in [-0.15, -0.1) is 0 Å². The molecule has 0 aliphatic rings. The zero-order chi connectivity index (χ0) is 12.7. The minimum atomic E-state index is -3.92. The van der Waals surface area contributed by atoms with Crippen molar-refractivity contribution in [3.05, 3.63) is 34.7 Å². The highest BCUT2D eigenvalue weighted by atomic mass is 32.2. The minimum absolute atomic E-state index is 0.0746. The molecule has 92 valence electrons. The number of ether oxygens (including phenoxy) is 2. The Bertz CT molecular complexity index is 506. The fourth-order valence-electron chi connectivity index (χ4n) is 1.05. The van der Waals surface area contributed by atoms with Gasteiger partial charge in [0.2, 0.25) is 0 Å². The van der Waals surface area contributed by atoms with E-state index in [9.17, 15) is 8.42 Å². The second-order valence-corrected chi connectivity index (χ2v) is 4.54. The maximum absolute atomic E-state index is 11.3. The lowest BCUT2D eigenvalue weighted by atomic mass is 10.3. The van der Waals surface area contributed by atoms with Crippen LogP contribution in [0.4, 0.5) is 0 Å². The SMILES string of the molecule is COCCOc1ccc(S(=O)(=O)N=[N+]=[N-])cc1. The number of hydrogen-bond donors (Lipinski definition) is 0. The summed E-state index contributed by atoms with van der Waals surface area (Å²) in [7, 11) is -2.37. The van der Waals surface area contributed by atoms with Crippen LogP contribution in [-0.4, -0.2) is 28.7 Å². The molecule has 0 heterocycles. The maximum atomic E-state index is 11.3. The molecule has 8 heteroatoms. The number of benzene rings is 1. The van der Waals surface area contributed by atoms with E-state index in [0.29, 0.717) is 19.0 Å². The molecule has 0 aliphatic carbocycles. The number of azide groups is 1. The van der Waals surface area contributed by atoms with Crippen molar-refractivity contribution in [2.45, 2.75) is 4.90 Å². The average molecular weight is 257 g/mol. The second kappa shape index (κ2) is 6.09. The van der Waals surface area contributed by atoms with E-state index in [2.05, 4.69) is 9.43 Å². The molecule has 0 unspecified atom stereocenters. The summed E-state index contributed by atoms with van der Waals surface area (Å²) in [5.41, 5.74) is 8.10. The van der Waals surface area contributed by atoms with Crippen molar-refractivity contribution in [3.63, 3.8) is 0 Å². The Morgan fingerprint density at radius 3 is 2.47 bits per heavy atom. The molecule has 0 aliphatic heterocycles. The van der Waals surface area contributed by atoms with Crippen LogP contribution < -0.4 is 4.74 Å². The Labute approximate surface area is 98.6 Å². The predicted octanol–water partition coefficient (Wildman–Crippen LogP) is 1.71. The lowest BCUT2D eigenvalue weighted by Crippen LogP contribution is -2.04. The zero-order valence-electron chi connectivity index (χ0n) is 9.11. The van der Waals surface area contributed by atoms with E-state index in [-0.39, 0.29) is 4.90 Å². The summed E-state index contributed by atoms with van der Waals surface area (Å²) in [5.74, 6) is 0.516. The average Bonchev–Trinajstić information content (AvgIpc) is 2.30. The Morgan fingerprint density at radius 2 is 1.94 bits per heavy atom. The summed E-state index contributed by atoms with van der Waals surface area (Å²) >= 11 is 0. The van der Waals surface area contributed by atoms with Crippen LogP contribution in [0.15, 0.2) is 33.7 Å². The number of sulfonamides is 1. The van der Waals surface area contributed by atoms with Gasteiger partial charge in [-0.25, -0.2) is 8.42 Å². The number of hydrogen-bond acceptors (Lipinski definition) is 4. The largest absolute Gasteiger partial charge is 0.491 e. The zero-order valence-corrected chi connectivity index (χ0v) is 9.92. The monoisotopic (exact) mass is 257 g/mol. The summed E-state index contributed by atoms with van der Waals surface area (Å²) in [5, 5.41) is 0. The van der Waals surface area contributed by atoms with E-state index in [0.717, 1.165) is 0 Å². The van der Waals surface area contributed by atoms with E-state index in [1.54, 1.807) is 7.11 Å². The molecule has 0 radical (unpaired) electrons. The van der Waals surface area contributed by atoms with Gasteiger partial charge in [0.1, 0.15) is 12.4 Å². The number of nitrogens with zero attached hydrogens (tertiary/aromatic N) is 3. The third-order valence-electron chi connectivity index (χ3n) is 1.82. The topological polar surface area (TPSA) is 101 Å². The molecule has 0 spiro atoms. The first kappa shape index (κ1) is 13.3. The maximum Gasteiger partial charge on any atom is 0.264 e. The second-order valence-electron chi connectivity index (χ2n) is 2.96. The van der Waals surface area contributed by atoms with Gasteiger partial charge in [0.15, 0.2) is 0 Å². The molecule has 0 fully saturated rings. The molecule has 0 bridgehead atoms. The molecule has 1 rings (SSSR count). The molecule has 7 nitrogen and oxygen atoms in total. The summed E-state index contributed by atoms with van der Waals surface area (Å²) in [6.45, 7) is 0.817. The fourth-order valence-corrected chi connectivity index (χ4v) is 1.72. The molecule has 0 saturated heterocycles. The first-order valence-electron chi connectivity index (χ1n) is 4.63. The van der Waals surface area contributed by atoms with Crippen molar-refractivity contribution in [1.29, 1.82) is 0 Å². The first-order valence-corrected chi connectivity index (χ1v) is 6.07. The lowest BCUT2D eigenvalue weighted by molar-refractivity contribution is 0.146. The van der Waals surface area contributed by atoms with Crippen LogP contribution in [0.1, 0.15) is 0 Å². The molecule has 0 aromatic heterocycles. The third-order valence-corrected chi connectivity index (χ3v) is 2.98. The minimum Gasteiger partial charge on any atom is -0.491 e. The predicted molar refractivity (Wildman–Crippen MR) is 60.1 cm³/mol. The highest BCUT2D eigenvalue weighted by molar-refractivity contribution is 7.90. The molecule has 0 amide bonds. The summed E-state index contributed by atoms with van der Waals surface area (Å²) in [6.07, 6.45) is 0. The Morgan fingerprint density at radius 1 is 1.29 bits per heavy atom. The number of methoxy groups -OCH3 is 1. The smallest absolute Gasteiger partial charge is 0.264 e. The van der Waals surface area contributed by atoms with E-state index in [1.165, 1.54) is 24.3 Å². The van der Waals surface area contributed by atoms with Crippen molar-refractivity contribution in [1.82, 2.24) is 0 Å². The van der Waals surface area contributed by atoms with Crippen molar-refractivity contribution < 1.29 is 17.9 Å². The highest BCUT2D eigenvalue weighted by Gasteiger charge is 2.11. The molecule has 17 heavy (non-hydrogen) atoms. The molecular formula is C9H11N3O4S. The van der Waals surface area contributed by atoms with Crippen LogP contribution in [0.3, 0.4) is 0 Å². The normalized spacial score (nSPS) is 10.6. The first-order chi connectivity index (χ1) is 8.10. The van der Waals surface area contributed by atoms with Gasteiger partial charge < -0.3 is 9.47 Å². The van der Waals surface area contributed by atoms with Gasteiger partial charge in [-0.2, -0.15) is 0 Å². The van der Waals surface area contributed by atoms with Gasteiger partial charge in [-0.1, -0.05) is 0 Å². The Hall–Kier alpha value is -1.76. The van der Waals surface area contributed by atoms with Crippen LogP contribution in [0.25, 0.3) is 10.4 Å².